The Morgan fingerprint density at radius 2 is 1.09 bits per heavy atom. The Balaban J connectivity index is 3.37. The highest BCUT2D eigenvalue weighted by Gasteiger charge is 2.41. The highest BCUT2D eigenvalue weighted by Crippen LogP contribution is 2.60. The Kier molecular flexibility index (Phi) is 5.89. The number of aromatic nitrogens is 2. The highest BCUT2D eigenvalue weighted by molar-refractivity contribution is 7.59. The van der Waals surface area contributed by atoms with Gasteiger partial charge in [0, 0.05) is 20.6 Å². The molecule has 4 heteroatoms. The summed E-state index contributed by atoms with van der Waals surface area (Å²) in [5.74, 6) is 0. The standard InChI is InChI=1S/C19H38N2P2/c1-16(2,3)22(17(4,5)6)20-13-14-21(15-20)23(18(7,8)9)19(10,11)12/h13-14H,1-12H3. The van der Waals surface area contributed by atoms with E-state index < -0.39 is 0 Å². The molecular weight excluding hydrogens is 318 g/mol. The first kappa shape index (κ1) is 21.1. The Morgan fingerprint density at radius 3 is 1.39 bits per heavy atom. The molecule has 23 heavy (non-hydrogen) atoms. The van der Waals surface area contributed by atoms with E-state index in [1.54, 1.807) is 0 Å². The molecule has 1 rings (SSSR count). The maximum atomic E-state index is 3.73. The molecule has 0 aromatic carbocycles. The van der Waals surface area contributed by atoms with Gasteiger partial charge >= 0.3 is 0 Å². The summed E-state index contributed by atoms with van der Waals surface area (Å²) in [6.07, 6.45) is 8.25. The number of hydrogen-bond donors (Lipinski definition) is 0. The van der Waals surface area contributed by atoms with E-state index >= 15 is 0 Å². The molecule has 0 amide bonds. The SMILES string of the molecule is CC(C)(C)P(n1[c-][n+](P(C(C)(C)C)C(C)(C)C)cc1)C(C)(C)C. The third kappa shape index (κ3) is 5.27. The number of rotatable bonds is 2. The number of hydrogen-bond acceptors (Lipinski definition) is 0. The Bertz CT molecular complexity index is 445. The molecule has 1 aromatic rings. The fraction of sp³-hybridized carbons (Fsp3) is 0.842. The molecule has 0 aliphatic heterocycles. The summed E-state index contributed by atoms with van der Waals surface area (Å²) in [7, 11) is -0.726. The topological polar surface area (TPSA) is 8.81 Å². The van der Waals surface area contributed by atoms with Gasteiger partial charge in [-0.15, -0.1) is 0 Å². The molecule has 1 aromatic heterocycles. The van der Waals surface area contributed by atoms with E-state index in [0.717, 1.165) is 0 Å². The van der Waals surface area contributed by atoms with Crippen molar-refractivity contribution in [1.29, 1.82) is 0 Å². The van der Waals surface area contributed by atoms with Crippen LogP contribution in [0.2, 0.25) is 0 Å². The maximum Gasteiger partial charge on any atom is 0.208 e. The van der Waals surface area contributed by atoms with Crippen LogP contribution in [0.5, 0.6) is 0 Å². The van der Waals surface area contributed by atoms with Crippen LogP contribution in [0, 0.1) is 6.33 Å². The molecule has 0 saturated carbocycles. The van der Waals surface area contributed by atoms with Gasteiger partial charge in [-0.2, -0.15) is 0 Å². The van der Waals surface area contributed by atoms with Gasteiger partial charge in [-0.05, 0) is 12.4 Å². The van der Waals surface area contributed by atoms with Crippen LogP contribution in [0.15, 0.2) is 12.4 Å². The van der Waals surface area contributed by atoms with Crippen molar-refractivity contribution in [3.05, 3.63) is 18.7 Å². The van der Waals surface area contributed by atoms with Crippen molar-refractivity contribution in [2.45, 2.75) is 104 Å². The van der Waals surface area contributed by atoms with Crippen LogP contribution < -0.4 is 4.34 Å². The van der Waals surface area contributed by atoms with E-state index in [1.807, 2.05) is 0 Å². The van der Waals surface area contributed by atoms with Crippen molar-refractivity contribution in [3.8, 4) is 0 Å². The molecule has 0 aliphatic carbocycles. The van der Waals surface area contributed by atoms with Gasteiger partial charge in [0.1, 0.15) is 0 Å². The van der Waals surface area contributed by atoms with Crippen LogP contribution in [-0.2, 0) is 0 Å². The van der Waals surface area contributed by atoms with Gasteiger partial charge < -0.3 is 8.68 Å². The first-order valence-corrected chi connectivity index (χ1v) is 11.2. The lowest BCUT2D eigenvalue weighted by Crippen LogP contribution is -2.43. The molecule has 0 spiro atoms. The first-order chi connectivity index (χ1) is 9.95. The predicted molar refractivity (Wildman–Crippen MR) is 107 cm³/mol. The van der Waals surface area contributed by atoms with Crippen molar-refractivity contribution < 1.29 is 4.34 Å². The fourth-order valence-corrected chi connectivity index (χ4v) is 11.3. The molecule has 134 valence electrons. The van der Waals surface area contributed by atoms with Gasteiger partial charge in [-0.1, -0.05) is 83.1 Å². The van der Waals surface area contributed by atoms with Crippen LogP contribution in [0.1, 0.15) is 83.1 Å². The Hall–Kier alpha value is 0.0700. The third-order valence-corrected chi connectivity index (χ3v) is 9.92. The van der Waals surface area contributed by atoms with Gasteiger partial charge in [-0.3, -0.25) is 0 Å². The van der Waals surface area contributed by atoms with E-state index in [4.69, 9.17) is 0 Å². The van der Waals surface area contributed by atoms with Crippen molar-refractivity contribution in [2.24, 2.45) is 0 Å². The minimum Gasteiger partial charge on any atom is -0.333 e. The zero-order valence-electron chi connectivity index (χ0n) is 17.4. The second-order valence-corrected chi connectivity index (χ2v) is 17.9. The van der Waals surface area contributed by atoms with Crippen LogP contribution in [0.25, 0.3) is 0 Å². The second-order valence-electron chi connectivity index (χ2n) is 10.4. The van der Waals surface area contributed by atoms with Crippen LogP contribution in [-0.4, -0.2) is 25.0 Å². The predicted octanol–water partition coefficient (Wildman–Crippen LogP) is 6.26. The lowest BCUT2D eigenvalue weighted by molar-refractivity contribution is -0.519. The summed E-state index contributed by atoms with van der Waals surface area (Å²) in [6.45, 7) is 28.3. The minimum absolute atomic E-state index is 0.257. The van der Waals surface area contributed by atoms with Gasteiger partial charge in [0.15, 0.2) is 0 Å². The van der Waals surface area contributed by atoms with E-state index in [2.05, 4.69) is 110 Å². The normalized spacial score (nSPS) is 14.9. The summed E-state index contributed by atoms with van der Waals surface area (Å²) < 4.78 is 4.78. The summed E-state index contributed by atoms with van der Waals surface area (Å²) in [6, 6.07) is 0. The van der Waals surface area contributed by atoms with E-state index in [9.17, 15) is 0 Å². The molecule has 2 nitrogen and oxygen atoms in total. The molecule has 0 radical (unpaired) electrons. The maximum absolute atomic E-state index is 3.73. The average Bonchev–Trinajstić information content (AvgIpc) is 2.55. The van der Waals surface area contributed by atoms with Crippen molar-refractivity contribution in [3.63, 3.8) is 0 Å². The van der Waals surface area contributed by atoms with Gasteiger partial charge in [-0.25, -0.2) is 0 Å². The van der Waals surface area contributed by atoms with E-state index in [1.165, 1.54) is 0 Å². The number of nitrogens with zero attached hydrogens (tertiary/aromatic N) is 2. The van der Waals surface area contributed by atoms with Crippen LogP contribution in [0.4, 0.5) is 0 Å². The van der Waals surface area contributed by atoms with Crippen LogP contribution in [0.3, 0.4) is 0 Å². The molecular formula is C19H38N2P2. The van der Waals surface area contributed by atoms with E-state index in [-0.39, 0.29) is 36.8 Å². The van der Waals surface area contributed by atoms with Crippen LogP contribution >= 0.6 is 16.1 Å². The summed E-state index contributed by atoms with van der Waals surface area (Å²) in [5.41, 5.74) is 0. The zero-order chi connectivity index (χ0) is 18.4. The van der Waals surface area contributed by atoms with Gasteiger partial charge in [0.2, 0.25) is 6.33 Å². The average molecular weight is 356 g/mol. The Labute approximate surface area is 147 Å². The number of imidazole rings is 1. The molecule has 1 heterocycles. The van der Waals surface area contributed by atoms with Gasteiger partial charge in [0.05, 0.1) is 16.1 Å². The minimum atomic E-state index is -0.363. The van der Waals surface area contributed by atoms with E-state index in [0.29, 0.717) is 0 Å². The second kappa shape index (κ2) is 6.42. The molecule has 0 aliphatic rings. The fourth-order valence-electron chi connectivity index (χ4n) is 3.83. The summed E-state index contributed by atoms with van der Waals surface area (Å²) in [4.78, 5) is 0. The molecule has 0 bridgehead atoms. The highest BCUT2D eigenvalue weighted by atomic mass is 31.1. The van der Waals surface area contributed by atoms with Crippen molar-refractivity contribution in [1.82, 2.24) is 4.34 Å². The molecule has 0 unspecified atom stereocenters. The lowest BCUT2D eigenvalue weighted by atomic mass is 10.2. The molecule has 0 saturated heterocycles. The quantitative estimate of drug-likeness (QED) is 0.437. The lowest BCUT2D eigenvalue weighted by Gasteiger charge is -2.40. The summed E-state index contributed by atoms with van der Waals surface area (Å²) >= 11 is 0. The van der Waals surface area contributed by atoms with Crippen molar-refractivity contribution in [2.75, 3.05) is 0 Å². The third-order valence-electron chi connectivity index (χ3n) is 3.53. The smallest absolute Gasteiger partial charge is 0.208 e. The Morgan fingerprint density at radius 1 is 0.696 bits per heavy atom. The van der Waals surface area contributed by atoms with Crippen molar-refractivity contribution >= 4 is 16.1 Å². The molecule has 0 atom stereocenters. The molecule has 0 fully saturated rings. The largest absolute Gasteiger partial charge is 0.333 e. The van der Waals surface area contributed by atoms with Gasteiger partial charge in [0.25, 0.3) is 0 Å². The monoisotopic (exact) mass is 356 g/mol. The zero-order valence-corrected chi connectivity index (χ0v) is 19.2. The first-order valence-electron chi connectivity index (χ1n) is 8.59. The summed E-state index contributed by atoms with van der Waals surface area (Å²) in [5, 5.41) is 1.03. The molecule has 0 N–H and O–H groups in total.